The zero-order valence-electron chi connectivity index (χ0n) is 12.3. The topological polar surface area (TPSA) is 50.4 Å². The normalized spacial score (nSPS) is 14.3. The Morgan fingerprint density at radius 2 is 2.20 bits per heavy atom. The van der Waals surface area contributed by atoms with Crippen molar-refractivity contribution < 1.29 is 9.53 Å². The molecule has 0 bridgehead atoms. The Morgan fingerprint density at radius 1 is 1.40 bits per heavy atom. The monoisotopic (exact) mass is 276 g/mol. The molecule has 1 aliphatic rings. The number of amides is 1. The summed E-state index contributed by atoms with van der Waals surface area (Å²) in [6.07, 6.45) is 2.59. The van der Waals surface area contributed by atoms with E-state index in [0.29, 0.717) is 19.1 Å². The summed E-state index contributed by atoms with van der Waals surface area (Å²) in [5, 5.41) is 6.06. The molecule has 0 aliphatic heterocycles. The number of carbonyl (C=O) groups excluding carboxylic acids is 1. The first-order valence-electron chi connectivity index (χ1n) is 7.37. The van der Waals surface area contributed by atoms with Crippen LogP contribution in [0.3, 0.4) is 0 Å². The Morgan fingerprint density at radius 3 is 2.90 bits per heavy atom. The third kappa shape index (κ3) is 5.61. The molecular formula is C16H24N2O2. The van der Waals surface area contributed by atoms with Gasteiger partial charge in [-0.3, -0.25) is 4.79 Å². The molecule has 0 unspecified atom stereocenters. The number of ether oxygens (including phenoxy) is 1. The number of carbonyl (C=O) groups is 1. The molecular weight excluding hydrogens is 252 g/mol. The lowest BCUT2D eigenvalue weighted by molar-refractivity contribution is -0.115. The standard InChI is InChI=1S/C16H24N2O2/c1-12(2)11-20-15-5-3-4-14(8-15)18-16(19)10-17-9-13-6-7-13/h3-5,8,12-13,17H,6-7,9-11H2,1-2H3,(H,18,19). The highest BCUT2D eigenvalue weighted by Crippen LogP contribution is 2.27. The fraction of sp³-hybridized carbons (Fsp3) is 0.562. The first kappa shape index (κ1) is 14.9. The van der Waals surface area contributed by atoms with Crippen molar-refractivity contribution in [3.05, 3.63) is 24.3 Å². The van der Waals surface area contributed by atoms with E-state index in [1.54, 1.807) is 0 Å². The molecule has 1 amide bonds. The van der Waals surface area contributed by atoms with Gasteiger partial charge in [-0.05, 0) is 43.4 Å². The Bertz CT molecular complexity index is 442. The van der Waals surface area contributed by atoms with Gasteiger partial charge in [-0.15, -0.1) is 0 Å². The molecule has 1 aromatic carbocycles. The van der Waals surface area contributed by atoms with Crippen LogP contribution < -0.4 is 15.4 Å². The predicted octanol–water partition coefficient (Wildman–Crippen LogP) is 2.66. The van der Waals surface area contributed by atoms with Crippen LogP contribution in [0, 0.1) is 11.8 Å². The zero-order valence-corrected chi connectivity index (χ0v) is 12.3. The van der Waals surface area contributed by atoms with Gasteiger partial charge in [-0.2, -0.15) is 0 Å². The highest BCUT2D eigenvalue weighted by atomic mass is 16.5. The second kappa shape index (κ2) is 7.29. The molecule has 110 valence electrons. The van der Waals surface area contributed by atoms with Crippen molar-refractivity contribution >= 4 is 11.6 Å². The number of nitrogens with one attached hydrogen (secondary N) is 2. The van der Waals surface area contributed by atoms with E-state index in [2.05, 4.69) is 24.5 Å². The molecule has 1 aromatic rings. The molecule has 20 heavy (non-hydrogen) atoms. The van der Waals surface area contributed by atoms with Crippen LogP contribution in [0.1, 0.15) is 26.7 Å². The lowest BCUT2D eigenvalue weighted by atomic mass is 10.2. The lowest BCUT2D eigenvalue weighted by Crippen LogP contribution is -2.29. The first-order valence-corrected chi connectivity index (χ1v) is 7.37. The van der Waals surface area contributed by atoms with E-state index in [9.17, 15) is 4.79 Å². The van der Waals surface area contributed by atoms with Gasteiger partial charge < -0.3 is 15.4 Å². The van der Waals surface area contributed by atoms with Crippen molar-refractivity contribution in [2.24, 2.45) is 11.8 Å². The third-order valence-electron chi connectivity index (χ3n) is 3.12. The predicted molar refractivity (Wildman–Crippen MR) is 81.0 cm³/mol. The maximum Gasteiger partial charge on any atom is 0.238 e. The molecule has 4 heteroatoms. The Kier molecular flexibility index (Phi) is 5.41. The van der Waals surface area contributed by atoms with Crippen molar-refractivity contribution in [1.29, 1.82) is 0 Å². The molecule has 0 heterocycles. The van der Waals surface area contributed by atoms with E-state index in [-0.39, 0.29) is 5.91 Å². The van der Waals surface area contributed by atoms with Gasteiger partial charge in [-0.1, -0.05) is 19.9 Å². The van der Waals surface area contributed by atoms with Crippen LogP contribution in [-0.4, -0.2) is 25.6 Å². The van der Waals surface area contributed by atoms with E-state index in [1.165, 1.54) is 12.8 Å². The number of rotatable bonds is 8. The molecule has 2 rings (SSSR count). The van der Waals surface area contributed by atoms with Gasteiger partial charge in [-0.25, -0.2) is 0 Å². The van der Waals surface area contributed by atoms with Crippen LogP contribution in [0.5, 0.6) is 5.75 Å². The molecule has 0 aromatic heterocycles. The largest absolute Gasteiger partial charge is 0.493 e. The van der Waals surface area contributed by atoms with E-state index in [0.717, 1.165) is 23.9 Å². The maximum atomic E-state index is 11.8. The lowest BCUT2D eigenvalue weighted by Gasteiger charge is -2.11. The molecule has 1 saturated carbocycles. The number of hydrogen-bond acceptors (Lipinski definition) is 3. The zero-order chi connectivity index (χ0) is 14.4. The summed E-state index contributed by atoms with van der Waals surface area (Å²) in [6.45, 7) is 6.22. The maximum absolute atomic E-state index is 11.8. The number of hydrogen-bond donors (Lipinski definition) is 2. The van der Waals surface area contributed by atoms with E-state index in [1.807, 2.05) is 24.3 Å². The number of anilines is 1. The molecule has 0 spiro atoms. The van der Waals surface area contributed by atoms with Crippen molar-refractivity contribution in [3.8, 4) is 5.75 Å². The van der Waals surface area contributed by atoms with Crippen molar-refractivity contribution in [2.45, 2.75) is 26.7 Å². The van der Waals surface area contributed by atoms with Crippen LogP contribution in [0.25, 0.3) is 0 Å². The summed E-state index contributed by atoms with van der Waals surface area (Å²) in [4.78, 5) is 11.8. The molecule has 2 N–H and O–H groups in total. The SMILES string of the molecule is CC(C)COc1cccc(NC(=O)CNCC2CC2)c1. The minimum absolute atomic E-state index is 0.00772. The van der Waals surface area contributed by atoms with Crippen LogP contribution in [0.2, 0.25) is 0 Å². The van der Waals surface area contributed by atoms with Gasteiger partial charge in [0.05, 0.1) is 13.2 Å². The summed E-state index contributed by atoms with van der Waals surface area (Å²) in [6, 6.07) is 7.54. The van der Waals surface area contributed by atoms with E-state index >= 15 is 0 Å². The van der Waals surface area contributed by atoms with Crippen LogP contribution in [0.4, 0.5) is 5.69 Å². The van der Waals surface area contributed by atoms with Gasteiger partial charge in [0, 0.05) is 11.8 Å². The Labute approximate surface area is 120 Å². The summed E-state index contributed by atoms with van der Waals surface area (Å²) in [5.41, 5.74) is 0.782. The second-order valence-electron chi connectivity index (χ2n) is 5.86. The van der Waals surface area contributed by atoms with Gasteiger partial charge >= 0.3 is 0 Å². The van der Waals surface area contributed by atoms with Gasteiger partial charge in [0.2, 0.25) is 5.91 Å². The first-order chi connectivity index (χ1) is 9.63. The van der Waals surface area contributed by atoms with Crippen LogP contribution in [-0.2, 0) is 4.79 Å². The van der Waals surface area contributed by atoms with Crippen molar-refractivity contribution in [2.75, 3.05) is 25.0 Å². The van der Waals surface area contributed by atoms with Crippen LogP contribution >= 0.6 is 0 Å². The molecule has 1 aliphatic carbocycles. The molecule has 0 saturated heterocycles. The molecule has 0 radical (unpaired) electrons. The summed E-state index contributed by atoms with van der Waals surface area (Å²) in [7, 11) is 0. The average molecular weight is 276 g/mol. The van der Waals surface area contributed by atoms with Crippen molar-refractivity contribution in [1.82, 2.24) is 5.32 Å². The second-order valence-corrected chi connectivity index (χ2v) is 5.86. The Hall–Kier alpha value is -1.55. The fourth-order valence-corrected chi connectivity index (χ4v) is 1.84. The summed E-state index contributed by atoms with van der Waals surface area (Å²) >= 11 is 0. The van der Waals surface area contributed by atoms with Crippen LogP contribution in [0.15, 0.2) is 24.3 Å². The fourth-order valence-electron chi connectivity index (χ4n) is 1.84. The van der Waals surface area contributed by atoms with Crippen molar-refractivity contribution in [3.63, 3.8) is 0 Å². The highest BCUT2D eigenvalue weighted by Gasteiger charge is 2.20. The third-order valence-corrected chi connectivity index (χ3v) is 3.12. The quantitative estimate of drug-likeness (QED) is 0.767. The molecule has 4 nitrogen and oxygen atoms in total. The number of benzene rings is 1. The minimum atomic E-state index is -0.00772. The average Bonchev–Trinajstić information content (AvgIpc) is 3.21. The van der Waals surface area contributed by atoms with Gasteiger partial charge in [0.15, 0.2) is 0 Å². The molecule has 0 atom stereocenters. The smallest absolute Gasteiger partial charge is 0.238 e. The van der Waals surface area contributed by atoms with E-state index in [4.69, 9.17) is 4.74 Å². The minimum Gasteiger partial charge on any atom is -0.493 e. The van der Waals surface area contributed by atoms with E-state index < -0.39 is 0 Å². The summed E-state index contributed by atoms with van der Waals surface area (Å²) in [5.74, 6) is 2.06. The summed E-state index contributed by atoms with van der Waals surface area (Å²) < 4.78 is 5.64. The highest BCUT2D eigenvalue weighted by molar-refractivity contribution is 5.92. The molecule has 1 fully saturated rings. The Balaban J connectivity index is 1.75. The van der Waals surface area contributed by atoms with Gasteiger partial charge in [0.25, 0.3) is 0 Å². The van der Waals surface area contributed by atoms with Gasteiger partial charge in [0.1, 0.15) is 5.75 Å².